The van der Waals surface area contributed by atoms with Gasteiger partial charge in [0.05, 0.1) is 55.6 Å². The Morgan fingerprint density at radius 1 is 0.895 bits per heavy atom. The maximum Gasteiger partial charge on any atom is 0.297 e. The van der Waals surface area contributed by atoms with Crippen molar-refractivity contribution < 1.29 is 28.2 Å². The van der Waals surface area contributed by atoms with Crippen molar-refractivity contribution in [1.82, 2.24) is 4.98 Å². The van der Waals surface area contributed by atoms with Crippen molar-refractivity contribution in [2.75, 3.05) is 33.3 Å². The van der Waals surface area contributed by atoms with Crippen LogP contribution in [-0.2, 0) is 0 Å². The monoisotopic (exact) mass is 530 g/mol. The van der Waals surface area contributed by atoms with Crippen LogP contribution in [0.3, 0.4) is 0 Å². The van der Waals surface area contributed by atoms with E-state index < -0.39 is 11.9 Å². The smallest absolute Gasteiger partial charge is 0.297 e. The quantitative estimate of drug-likeness (QED) is 0.296. The molecule has 0 saturated carbocycles. The van der Waals surface area contributed by atoms with E-state index in [4.69, 9.17) is 28.3 Å². The molecule has 0 spiro atoms. The van der Waals surface area contributed by atoms with Gasteiger partial charge >= 0.3 is 0 Å². The Balaban J connectivity index is 1.64. The minimum atomic E-state index is -0.852. The van der Waals surface area contributed by atoms with Crippen molar-refractivity contribution in [3.8, 4) is 23.0 Å². The normalized spacial score (nSPS) is 14.7. The second-order valence-electron chi connectivity index (χ2n) is 8.54. The number of fused-ring (bicyclic) bond motifs is 3. The van der Waals surface area contributed by atoms with E-state index in [-0.39, 0.29) is 16.8 Å². The van der Waals surface area contributed by atoms with Gasteiger partial charge in [0, 0.05) is 0 Å². The summed E-state index contributed by atoms with van der Waals surface area (Å²) >= 11 is 1.32. The van der Waals surface area contributed by atoms with Crippen LogP contribution in [0.2, 0.25) is 0 Å². The van der Waals surface area contributed by atoms with Crippen LogP contribution >= 0.6 is 11.3 Å². The van der Waals surface area contributed by atoms with E-state index in [1.807, 2.05) is 12.1 Å². The molecule has 0 unspecified atom stereocenters. The molecule has 0 radical (unpaired) electrons. The summed E-state index contributed by atoms with van der Waals surface area (Å²) in [5, 5.41) is 0.791. The molecule has 2 aromatic heterocycles. The molecule has 3 aromatic carbocycles. The second kappa shape index (κ2) is 9.07. The highest BCUT2D eigenvalue weighted by atomic mass is 32.1. The Bertz CT molecular complexity index is 1770. The molecule has 3 heterocycles. The van der Waals surface area contributed by atoms with E-state index in [1.54, 1.807) is 49.6 Å². The fraction of sp³-hybridized carbons (Fsp3) is 0.179. The van der Waals surface area contributed by atoms with E-state index in [0.29, 0.717) is 50.2 Å². The van der Waals surface area contributed by atoms with Crippen LogP contribution in [0, 0.1) is 0 Å². The average molecular weight is 531 g/mol. The van der Waals surface area contributed by atoms with Crippen molar-refractivity contribution in [1.29, 1.82) is 0 Å². The fourth-order valence-corrected chi connectivity index (χ4v) is 5.84. The number of para-hydroxylation sites is 1. The number of hydrogen-bond donors (Lipinski definition) is 0. The van der Waals surface area contributed by atoms with Gasteiger partial charge in [-0.2, -0.15) is 0 Å². The summed E-state index contributed by atoms with van der Waals surface area (Å²) in [7, 11) is 6.12. The van der Waals surface area contributed by atoms with Gasteiger partial charge in [0.15, 0.2) is 22.1 Å². The Hall–Kier alpha value is -4.57. The molecule has 1 aliphatic heterocycles. The fourth-order valence-electron chi connectivity index (χ4n) is 4.81. The number of rotatable bonds is 6. The first kappa shape index (κ1) is 23.8. The molecule has 0 fully saturated rings. The molecule has 1 aliphatic rings. The predicted molar refractivity (Wildman–Crippen MR) is 143 cm³/mol. The Morgan fingerprint density at radius 2 is 1.63 bits per heavy atom. The van der Waals surface area contributed by atoms with Gasteiger partial charge in [0.2, 0.25) is 11.5 Å². The summed E-state index contributed by atoms with van der Waals surface area (Å²) in [4.78, 5) is 34.0. The van der Waals surface area contributed by atoms with E-state index in [9.17, 15) is 9.59 Å². The minimum absolute atomic E-state index is 0.0238. The van der Waals surface area contributed by atoms with Crippen molar-refractivity contribution >= 4 is 43.6 Å². The summed E-state index contributed by atoms with van der Waals surface area (Å²) in [5.41, 5.74) is 1.54. The number of hydrogen-bond acceptors (Lipinski definition) is 9. The van der Waals surface area contributed by atoms with Gasteiger partial charge < -0.3 is 23.4 Å². The molecule has 0 N–H and O–H groups in total. The zero-order valence-electron chi connectivity index (χ0n) is 20.9. The first-order valence-electron chi connectivity index (χ1n) is 11.6. The predicted octanol–water partition coefficient (Wildman–Crippen LogP) is 5.19. The number of anilines is 1. The van der Waals surface area contributed by atoms with Crippen molar-refractivity contribution in [2.24, 2.45) is 0 Å². The number of carbonyl (C=O) groups is 1. The zero-order chi connectivity index (χ0) is 26.6. The molecule has 192 valence electrons. The summed E-state index contributed by atoms with van der Waals surface area (Å²) < 4.78 is 28.9. The van der Waals surface area contributed by atoms with Crippen LogP contribution in [0.5, 0.6) is 23.0 Å². The van der Waals surface area contributed by atoms with Gasteiger partial charge in [-0.25, -0.2) is 4.98 Å². The molecule has 10 heteroatoms. The highest BCUT2D eigenvalue weighted by Gasteiger charge is 2.45. The average Bonchev–Trinajstić information content (AvgIpc) is 3.50. The number of aromatic nitrogens is 1. The molecule has 0 saturated heterocycles. The van der Waals surface area contributed by atoms with Gasteiger partial charge in [-0.3, -0.25) is 14.5 Å². The topological polar surface area (TPSA) is 100 Å². The summed E-state index contributed by atoms with van der Waals surface area (Å²) in [6.07, 6.45) is 0. The van der Waals surface area contributed by atoms with Crippen LogP contribution in [0.1, 0.15) is 27.7 Å². The van der Waals surface area contributed by atoms with Gasteiger partial charge in [0.1, 0.15) is 11.3 Å². The molecular weight excluding hydrogens is 508 g/mol. The molecule has 0 bridgehead atoms. The summed E-state index contributed by atoms with van der Waals surface area (Å²) in [6, 6.07) is 15.0. The standard InChI is InChI=1S/C28H22N2O7S/c1-33-15-9-10-17-21(13-15)38-28(29-17)30-23(14-11-19(34-2)25(36-4)20(12-14)35-3)22-24(31)16-7-5-6-8-18(16)37-26(22)27(30)32/h5-13,23H,1-4H3/t23-/m1/s1. The number of methoxy groups -OCH3 is 4. The van der Waals surface area contributed by atoms with Gasteiger partial charge in [-0.15, -0.1) is 0 Å². The minimum Gasteiger partial charge on any atom is -0.497 e. The van der Waals surface area contributed by atoms with Gasteiger partial charge in [0.25, 0.3) is 5.91 Å². The van der Waals surface area contributed by atoms with Gasteiger partial charge in [-0.05, 0) is 48.0 Å². The van der Waals surface area contributed by atoms with Crippen LogP contribution in [-0.4, -0.2) is 39.3 Å². The lowest BCUT2D eigenvalue weighted by Gasteiger charge is -2.24. The molecule has 0 aliphatic carbocycles. The lowest BCUT2D eigenvalue weighted by molar-refractivity contribution is 0.0971. The SMILES string of the molecule is COc1ccc2nc(N3C(=O)c4oc5ccccc5c(=O)c4[C@H]3c3cc(OC)c(OC)c(OC)c3)sc2c1. The molecule has 1 atom stereocenters. The van der Waals surface area contributed by atoms with Crippen molar-refractivity contribution in [3.05, 3.63) is 81.7 Å². The third-order valence-electron chi connectivity index (χ3n) is 6.57. The Labute approximate surface area is 220 Å². The van der Waals surface area contributed by atoms with Crippen LogP contribution in [0.15, 0.2) is 63.8 Å². The number of thiazole rings is 1. The van der Waals surface area contributed by atoms with Gasteiger partial charge in [-0.1, -0.05) is 23.5 Å². The first-order chi connectivity index (χ1) is 18.5. The first-order valence-corrected chi connectivity index (χ1v) is 12.4. The van der Waals surface area contributed by atoms with Crippen LogP contribution < -0.4 is 29.3 Å². The zero-order valence-corrected chi connectivity index (χ0v) is 21.8. The number of amides is 1. The maximum absolute atomic E-state index is 14.0. The third-order valence-corrected chi connectivity index (χ3v) is 7.59. The third kappa shape index (κ3) is 3.48. The second-order valence-corrected chi connectivity index (χ2v) is 9.55. The molecule has 9 nitrogen and oxygen atoms in total. The lowest BCUT2D eigenvalue weighted by Crippen LogP contribution is -2.29. The largest absolute Gasteiger partial charge is 0.497 e. The molecule has 38 heavy (non-hydrogen) atoms. The maximum atomic E-state index is 14.0. The number of ether oxygens (including phenoxy) is 4. The van der Waals surface area contributed by atoms with Crippen molar-refractivity contribution in [2.45, 2.75) is 6.04 Å². The lowest BCUT2D eigenvalue weighted by atomic mass is 9.98. The highest BCUT2D eigenvalue weighted by molar-refractivity contribution is 7.22. The number of nitrogens with zero attached hydrogens (tertiary/aromatic N) is 2. The van der Waals surface area contributed by atoms with Crippen molar-refractivity contribution in [3.63, 3.8) is 0 Å². The van der Waals surface area contributed by atoms with E-state index in [2.05, 4.69) is 0 Å². The van der Waals surface area contributed by atoms with E-state index >= 15 is 0 Å². The summed E-state index contributed by atoms with van der Waals surface area (Å²) in [5.74, 6) is 1.36. The summed E-state index contributed by atoms with van der Waals surface area (Å²) in [6.45, 7) is 0. The molecule has 5 aromatic rings. The van der Waals surface area contributed by atoms with Crippen LogP contribution in [0.25, 0.3) is 21.2 Å². The number of benzene rings is 3. The molecule has 1 amide bonds. The Morgan fingerprint density at radius 3 is 2.32 bits per heavy atom. The number of carbonyl (C=O) groups excluding carboxylic acids is 1. The molecular formula is C28H22N2O7S. The molecule has 6 rings (SSSR count). The van der Waals surface area contributed by atoms with E-state index in [0.717, 1.165) is 4.70 Å². The Kier molecular flexibility index (Phi) is 5.68. The highest BCUT2D eigenvalue weighted by Crippen LogP contribution is 2.47. The van der Waals surface area contributed by atoms with E-state index in [1.165, 1.54) is 37.6 Å². The van der Waals surface area contributed by atoms with Crippen LogP contribution in [0.4, 0.5) is 5.13 Å².